The van der Waals surface area contributed by atoms with Crippen LogP contribution in [0.1, 0.15) is 29.3 Å². The van der Waals surface area contributed by atoms with Crippen molar-refractivity contribution in [3.05, 3.63) is 29.3 Å². The molecule has 0 heterocycles. The van der Waals surface area contributed by atoms with E-state index in [4.69, 9.17) is 5.11 Å². The van der Waals surface area contributed by atoms with Crippen LogP contribution in [0.4, 0.5) is 0 Å². The largest absolute Gasteiger partial charge is 0.507 e. The molecule has 0 spiro atoms. The highest BCUT2D eigenvalue weighted by molar-refractivity contribution is 6.01. The molecular formula is C12H14O4. The lowest BCUT2D eigenvalue weighted by atomic mass is 9.72. The summed E-state index contributed by atoms with van der Waals surface area (Å²) in [6.45, 7) is 1.30. The van der Waals surface area contributed by atoms with Crippen LogP contribution in [0.2, 0.25) is 0 Å². The Labute approximate surface area is 93.2 Å². The molecule has 3 N–H and O–H groups in total. The van der Waals surface area contributed by atoms with Gasteiger partial charge in [0.1, 0.15) is 5.75 Å². The van der Waals surface area contributed by atoms with E-state index in [1.165, 1.54) is 6.07 Å². The number of rotatable bonds is 1. The van der Waals surface area contributed by atoms with Crippen LogP contribution in [-0.4, -0.2) is 27.7 Å². The van der Waals surface area contributed by atoms with Gasteiger partial charge < -0.3 is 15.3 Å². The average Bonchev–Trinajstić information content (AvgIpc) is 2.23. The third-order valence-electron chi connectivity index (χ3n) is 3.31. The first kappa shape index (κ1) is 11.1. The van der Waals surface area contributed by atoms with Crippen molar-refractivity contribution in [2.24, 2.45) is 5.92 Å². The van der Waals surface area contributed by atoms with Gasteiger partial charge in [0.05, 0.1) is 11.2 Å². The molecule has 1 aliphatic rings. The summed E-state index contributed by atoms with van der Waals surface area (Å²) >= 11 is 0. The number of Topliss-reactive ketones (excluding diaryl/α,β-unsaturated/α-hetero) is 1. The first-order valence-corrected chi connectivity index (χ1v) is 5.17. The molecule has 0 bridgehead atoms. The Morgan fingerprint density at radius 2 is 2.19 bits per heavy atom. The van der Waals surface area contributed by atoms with E-state index >= 15 is 0 Å². The van der Waals surface area contributed by atoms with Crippen LogP contribution < -0.4 is 0 Å². The minimum atomic E-state index is -1.28. The Hall–Kier alpha value is -1.39. The summed E-state index contributed by atoms with van der Waals surface area (Å²) in [5, 5.41) is 29.1. The second kappa shape index (κ2) is 3.57. The Kier molecular flexibility index (Phi) is 2.48. The Bertz CT molecular complexity index is 437. The molecule has 1 aromatic carbocycles. The van der Waals surface area contributed by atoms with Gasteiger partial charge in [0, 0.05) is 18.9 Å². The first-order chi connectivity index (χ1) is 7.48. The predicted molar refractivity (Wildman–Crippen MR) is 57.2 cm³/mol. The molecule has 0 amide bonds. The van der Waals surface area contributed by atoms with Crippen LogP contribution in [0, 0.1) is 5.92 Å². The number of phenols is 1. The van der Waals surface area contributed by atoms with Crippen molar-refractivity contribution in [3.8, 4) is 5.75 Å². The Balaban J connectivity index is 2.64. The fourth-order valence-corrected chi connectivity index (χ4v) is 2.24. The monoisotopic (exact) mass is 222 g/mol. The van der Waals surface area contributed by atoms with E-state index in [9.17, 15) is 15.0 Å². The topological polar surface area (TPSA) is 77.8 Å². The van der Waals surface area contributed by atoms with E-state index in [0.29, 0.717) is 5.56 Å². The highest BCUT2D eigenvalue weighted by Crippen LogP contribution is 2.41. The molecule has 0 aliphatic heterocycles. The van der Waals surface area contributed by atoms with Crippen LogP contribution in [0.15, 0.2) is 18.2 Å². The van der Waals surface area contributed by atoms with Gasteiger partial charge in [-0.2, -0.15) is 0 Å². The number of ketones is 1. The lowest BCUT2D eigenvalue weighted by Crippen LogP contribution is -2.41. The Morgan fingerprint density at radius 1 is 1.50 bits per heavy atom. The number of carbonyl (C=O) groups is 1. The number of hydrogen-bond acceptors (Lipinski definition) is 4. The number of aliphatic hydroxyl groups excluding tert-OH is 1. The molecule has 0 fully saturated rings. The van der Waals surface area contributed by atoms with Crippen molar-refractivity contribution < 1.29 is 20.1 Å². The lowest BCUT2D eigenvalue weighted by molar-refractivity contribution is -0.0357. The minimum absolute atomic E-state index is 0.0497. The summed E-state index contributed by atoms with van der Waals surface area (Å²) in [5.74, 6) is -0.868. The zero-order valence-corrected chi connectivity index (χ0v) is 8.97. The lowest BCUT2D eigenvalue weighted by Gasteiger charge is -2.37. The van der Waals surface area contributed by atoms with E-state index in [0.717, 1.165) is 0 Å². The molecule has 2 rings (SSSR count). The standard InChI is InChI=1S/C12H14O4/c1-12(16)7(6-13)5-10(15)11-8(12)3-2-4-9(11)14/h2-4,7,13-14,16H,5-6H2,1H3/t7-,12+/m1/s1. The zero-order chi connectivity index (χ0) is 11.9. The molecule has 2 atom stereocenters. The molecule has 0 aromatic heterocycles. The summed E-state index contributed by atoms with van der Waals surface area (Å²) in [4.78, 5) is 11.8. The van der Waals surface area contributed by atoms with Crippen molar-refractivity contribution in [1.29, 1.82) is 0 Å². The normalized spacial score (nSPS) is 28.9. The molecule has 0 saturated heterocycles. The minimum Gasteiger partial charge on any atom is -0.507 e. The SMILES string of the molecule is C[C@@]1(O)c2cccc(O)c2C(=O)C[C@@H]1CO. The molecule has 0 unspecified atom stereocenters. The maximum Gasteiger partial charge on any atom is 0.167 e. The van der Waals surface area contributed by atoms with Crippen LogP contribution in [0.25, 0.3) is 0 Å². The van der Waals surface area contributed by atoms with Gasteiger partial charge in [0.2, 0.25) is 0 Å². The molecule has 16 heavy (non-hydrogen) atoms. The zero-order valence-electron chi connectivity index (χ0n) is 8.97. The fourth-order valence-electron chi connectivity index (χ4n) is 2.24. The number of aromatic hydroxyl groups is 1. The van der Waals surface area contributed by atoms with Gasteiger partial charge in [-0.15, -0.1) is 0 Å². The molecular weight excluding hydrogens is 208 g/mol. The van der Waals surface area contributed by atoms with Crippen molar-refractivity contribution in [3.63, 3.8) is 0 Å². The highest BCUT2D eigenvalue weighted by Gasteiger charge is 2.42. The molecule has 1 aliphatic carbocycles. The molecule has 0 radical (unpaired) electrons. The van der Waals surface area contributed by atoms with Crippen LogP contribution in [0.5, 0.6) is 5.75 Å². The van der Waals surface area contributed by atoms with Crippen molar-refractivity contribution in [2.45, 2.75) is 18.9 Å². The summed E-state index contributed by atoms with van der Waals surface area (Å²) in [6.07, 6.45) is 0.0497. The van der Waals surface area contributed by atoms with Gasteiger partial charge in [-0.05, 0) is 18.6 Å². The molecule has 4 heteroatoms. The van der Waals surface area contributed by atoms with E-state index in [2.05, 4.69) is 0 Å². The highest BCUT2D eigenvalue weighted by atomic mass is 16.3. The van der Waals surface area contributed by atoms with Crippen molar-refractivity contribution in [2.75, 3.05) is 6.61 Å². The third-order valence-corrected chi connectivity index (χ3v) is 3.31. The van der Waals surface area contributed by atoms with Crippen molar-refractivity contribution >= 4 is 5.78 Å². The van der Waals surface area contributed by atoms with Gasteiger partial charge >= 0.3 is 0 Å². The van der Waals surface area contributed by atoms with Crippen molar-refractivity contribution in [1.82, 2.24) is 0 Å². The number of aliphatic hydroxyl groups is 2. The van der Waals surface area contributed by atoms with E-state index in [-0.39, 0.29) is 30.1 Å². The Morgan fingerprint density at radius 3 is 2.81 bits per heavy atom. The molecule has 86 valence electrons. The quantitative estimate of drug-likeness (QED) is 0.656. The third kappa shape index (κ3) is 1.42. The maximum absolute atomic E-state index is 11.8. The number of phenolic OH excluding ortho intramolecular Hbond substituents is 1. The second-order valence-corrected chi connectivity index (χ2v) is 4.35. The smallest absolute Gasteiger partial charge is 0.167 e. The molecule has 0 saturated carbocycles. The number of benzene rings is 1. The second-order valence-electron chi connectivity index (χ2n) is 4.35. The summed E-state index contributed by atoms with van der Waals surface area (Å²) in [5.41, 5.74) is -0.712. The number of fused-ring (bicyclic) bond motifs is 1. The van der Waals surface area contributed by atoms with Gasteiger partial charge in [0.15, 0.2) is 5.78 Å². The van der Waals surface area contributed by atoms with E-state index in [1.807, 2.05) is 0 Å². The van der Waals surface area contributed by atoms with Gasteiger partial charge in [-0.25, -0.2) is 0 Å². The fraction of sp³-hybridized carbons (Fsp3) is 0.417. The average molecular weight is 222 g/mol. The van der Waals surface area contributed by atoms with Gasteiger partial charge in [-0.3, -0.25) is 4.79 Å². The summed E-state index contributed by atoms with van der Waals surface area (Å²) in [6, 6.07) is 4.61. The first-order valence-electron chi connectivity index (χ1n) is 5.17. The molecule has 4 nitrogen and oxygen atoms in total. The molecule has 1 aromatic rings. The number of carbonyl (C=O) groups excluding carboxylic acids is 1. The van der Waals surface area contributed by atoms with Gasteiger partial charge in [0.25, 0.3) is 0 Å². The predicted octanol–water partition coefficient (Wildman–Crippen LogP) is 0.795. The van der Waals surface area contributed by atoms with Crippen LogP contribution in [-0.2, 0) is 5.60 Å². The van der Waals surface area contributed by atoms with E-state index in [1.54, 1.807) is 19.1 Å². The van der Waals surface area contributed by atoms with Crippen LogP contribution in [0.3, 0.4) is 0 Å². The number of hydrogen-bond donors (Lipinski definition) is 3. The summed E-state index contributed by atoms with van der Waals surface area (Å²) < 4.78 is 0. The van der Waals surface area contributed by atoms with Crippen LogP contribution >= 0.6 is 0 Å². The summed E-state index contributed by atoms with van der Waals surface area (Å²) in [7, 11) is 0. The van der Waals surface area contributed by atoms with Gasteiger partial charge in [-0.1, -0.05) is 12.1 Å². The van der Waals surface area contributed by atoms with E-state index < -0.39 is 11.5 Å². The maximum atomic E-state index is 11.8.